The van der Waals surface area contributed by atoms with Gasteiger partial charge in [0, 0.05) is 20.2 Å². The lowest BCUT2D eigenvalue weighted by molar-refractivity contribution is -0.143. The third-order valence-electron chi connectivity index (χ3n) is 2.62. The number of aliphatic carboxylic acids is 1. The van der Waals surface area contributed by atoms with Crippen LogP contribution in [0, 0.1) is 0 Å². The third kappa shape index (κ3) is 6.37. The number of rotatable bonds is 8. The third-order valence-corrected chi connectivity index (χ3v) is 2.62. The molecular weight excluding hydrogens is 268 g/mol. The first kappa shape index (κ1) is 18.2. The quantitative estimate of drug-likeness (QED) is 0.613. The number of carbonyl (C=O) groups excluding carboxylic acids is 2. The van der Waals surface area contributed by atoms with Gasteiger partial charge in [0.15, 0.2) is 0 Å². The molecule has 0 unspecified atom stereocenters. The van der Waals surface area contributed by atoms with Crippen molar-refractivity contribution in [2.45, 2.75) is 25.8 Å². The Morgan fingerprint density at radius 1 is 1.20 bits per heavy atom. The van der Waals surface area contributed by atoms with Gasteiger partial charge >= 0.3 is 18.0 Å². The van der Waals surface area contributed by atoms with E-state index in [0.717, 1.165) is 0 Å². The number of nitrogens with one attached hydrogen (secondary N) is 1. The molecule has 0 saturated heterocycles. The van der Waals surface area contributed by atoms with E-state index in [1.165, 1.54) is 33.0 Å². The largest absolute Gasteiger partial charge is 0.480 e. The molecule has 0 aliphatic heterocycles. The molecular formula is C12H22N2O6. The number of methoxy groups -OCH3 is 2. The highest BCUT2D eigenvalue weighted by molar-refractivity contribution is 5.85. The maximum atomic E-state index is 12.0. The van der Waals surface area contributed by atoms with Gasteiger partial charge in [-0.15, -0.1) is 0 Å². The molecule has 0 rings (SSSR count). The van der Waals surface area contributed by atoms with Gasteiger partial charge in [-0.05, 0) is 13.8 Å². The first-order valence-electron chi connectivity index (χ1n) is 6.10. The number of carbonyl (C=O) groups is 3. The van der Waals surface area contributed by atoms with E-state index >= 15 is 0 Å². The van der Waals surface area contributed by atoms with Crippen LogP contribution < -0.4 is 5.32 Å². The minimum absolute atomic E-state index is 0.0289. The average molecular weight is 290 g/mol. The van der Waals surface area contributed by atoms with Crippen molar-refractivity contribution in [3.05, 3.63) is 0 Å². The van der Waals surface area contributed by atoms with Crippen LogP contribution in [-0.4, -0.2) is 67.4 Å². The first-order chi connectivity index (χ1) is 9.24. The molecule has 0 saturated carbocycles. The number of ether oxygens (including phenoxy) is 2. The van der Waals surface area contributed by atoms with Gasteiger partial charge in [0.25, 0.3) is 0 Å². The summed E-state index contributed by atoms with van der Waals surface area (Å²) in [7, 11) is 2.74. The zero-order valence-electron chi connectivity index (χ0n) is 12.3. The molecule has 0 spiro atoms. The second-order valence-electron chi connectivity index (χ2n) is 4.67. The summed E-state index contributed by atoms with van der Waals surface area (Å²) < 4.78 is 9.38. The molecule has 20 heavy (non-hydrogen) atoms. The van der Waals surface area contributed by atoms with Crippen LogP contribution in [0.25, 0.3) is 0 Å². The van der Waals surface area contributed by atoms with Crippen LogP contribution in [0.3, 0.4) is 0 Å². The number of carboxylic acid groups (broad SMARTS) is 1. The smallest absolute Gasteiger partial charge is 0.328 e. The van der Waals surface area contributed by atoms with Crippen molar-refractivity contribution in [3.63, 3.8) is 0 Å². The van der Waals surface area contributed by atoms with Gasteiger partial charge in [0.05, 0.1) is 20.1 Å². The van der Waals surface area contributed by atoms with E-state index in [-0.39, 0.29) is 26.1 Å². The van der Waals surface area contributed by atoms with E-state index in [9.17, 15) is 14.4 Å². The molecule has 0 aromatic heterocycles. The van der Waals surface area contributed by atoms with E-state index in [2.05, 4.69) is 10.1 Å². The van der Waals surface area contributed by atoms with Crippen LogP contribution in [0.2, 0.25) is 0 Å². The number of hydrogen-bond donors (Lipinski definition) is 2. The van der Waals surface area contributed by atoms with Crippen LogP contribution in [0.15, 0.2) is 0 Å². The van der Waals surface area contributed by atoms with Crippen LogP contribution in [0.1, 0.15) is 20.3 Å². The summed E-state index contributed by atoms with van der Waals surface area (Å²) >= 11 is 0. The predicted octanol–water partition coefficient (Wildman–Crippen LogP) is 0.0707. The summed E-state index contributed by atoms with van der Waals surface area (Å²) in [5.74, 6) is -1.59. The number of urea groups is 1. The lowest BCUT2D eigenvalue weighted by atomic mass is 10.1. The zero-order valence-corrected chi connectivity index (χ0v) is 12.3. The highest BCUT2D eigenvalue weighted by Crippen LogP contribution is 2.04. The van der Waals surface area contributed by atoms with E-state index in [0.29, 0.717) is 0 Å². The summed E-state index contributed by atoms with van der Waals surface area (Å²) in [4.78, 5) is 35.4. The molecule has 8 nitrogen and oxygen atoms in total. The summed E-state index contributed by atoms with van der Waals surface area (Å²) in [6.45, 7) is 3.40. The first-order valence-corrected chi connectivity index (χ1v) is 6.10. The molecule has 0 aliphatic rings. The van der Waals surface area contributed by atoms with Crippen LogP contribution in [0.4, 0.5) is 4.79 Å². The van der Waals surface area contributed by atoms with Gasteiger partial charge in [-0.1, -0.05) is 0 Å². The van der Waals surface area contributed by atoms with Crippen molar-refractivity contribution < 1.29 is 29.0 Å². The molecule has 0 bridgehead atoms. The van der Waals surface area contributed by atoms with Crippen LogP contribution in [0.5, 0.6) is 0 Å². The maximum absolute atomic E-state index is 12.0. The molecule has 0 aliphatic carbocycles. The normalized spacial score (nSPS) is 10.8. The molecule has 0 atom stereocenters. The van der Waals surface area contributed by atoms with Crippen molar-refractivity contribution in [3.8, 4) is 0 Å². The fourth-order valence-electron chi connectivity index (χ4n) is 1.24. The Balaban J connectivity index is 4.63. The lowest BCUT2D eigenvalue weighted by Crippen LogP contribution is -2.55. The molecule has 2 N–H and O–H groups in total. The van der Waals surface area contributed by atoms with E-state index < -0.39 is 23.5 Å². The van der Waals surface area contributed by atoms with E-state index in [4.69, 9.17) is 9.84 Å². The molecule has 0 aromatic carbocycles. The number of nitrogens with zero attached hydrogens (tertiary/aromatic N) is 1. The summed E-state index contributed by atoms with van der Waals surface area (Å²) in [5.41, 5.74) is -1.40. The van der Waals surface area contributed by atoms with Gasteiger partial charge in [-0.2, -0.15) is 0 Å². The highest BCUT2D eigenvalue weighted by Gasteiger charge is 2.30. The number of esters is 1. The number of hydrogen-bond acceptors (Lipinski definition) is 5. The predicted molar refractivity (Wildman–Crippen MR) is 70.3 cm³/mol. The summed E-state index contributed by atoms with van der Waals surface area (Å²) in [6.07, 6.45) is 0.0289. The van der Waals surface area contributed by atoms with E-state index in [1.807, 2.05) is 0 Å². The Morgan fingerprint density at radius 2 is 1.80 bits per heavy atom. The van der Waals surface area contributed by atoms with Gasteiger partial charge in [-0.3, -0.25) is 4.79 Å². The van der Waals surface area contributed by atoms with Gasteiger partial charge in [0.1, 0.15) is 5.54 Å². The fraction of sp³-hybridized carbons (Fsp3) is 0.750. The Bertz CT molecular complexity index is 356. The van der Waals surface area contributed by atoms with Crippen molar-refractivity contribution in [1.29, 1.82) is 0 Å². The topological polar surface area (TPSA) is 105 Å². The Hall–Kier alpha value is -1.83. The minimum atomic E-state index is -1.40. The minimum Gasteiger partial charge on any atom is -0.480 e. The lowest BCUT2D eigenvalue weighted by Gasteiger charge is -2.28. The number of amides is 2. The van der Waals surface area contributed by atoms with Crippen LogP contribution in [-0.2, 0) is 19.1 Å². The van der Waals surface area contributed by atoms with Crippen molar-refractivity contribution in [2.75, 3.05) is 33.9 Å². The average Bonchev–Trinajstić information content (AvgIpc) is 2.37. The summed E-state index contributed by atoms with van der Waals surface area (Å²) in [5, 5.41) is 11.4. The van der Waals surface area contributed by atoms with Gasteiger partial charge in [0.2, 0.25) is 0 Å². The molecule has 0 heterocycles. The van der Waals surface area contributed by atoms with Crippen molar-refractivity contribution in [1.82, 2.24) is 10.2 Å². The zero-order chi connectivity index (χ0) is 15.8. The Labute approximate surface area is 118 Å². The Morgan fingerprint density at radius 3 is 2.25 bits per heavy atom. The summed E-state index contributed by atoms with van der Waals surface area (Å²) in [6, 6.07) is -0.571. The molecule has 2 amide bonds. The second-order valence-corrected chi connectivity index (χ2v) is 4.67. The monoisotopic (exact) mass is 290 g/mol. The molecule has 116 valence electrons. The van der Waals surface area contributed by atoms with Crippen molar-refractivity contribution in [2.24, 2.45) is 0 Å². The molecule has 8 heteroatoms. The molecule has 0 fully saturated rings. The molecule has 0 radical (unpaired) electrons. The number of carboxylic acids is 1. The maximum Gasteiger partial charge on any atom is 0.328 e. The van der Waals surface area contributed by atoms with Gasteiger partial charge < -0.3 is 24.8 Å². The van der Waals surface area contributed by atoms with Crippen LogP contribution >= 0.6 is 0 Å². The standard InChI is InChI=1S/C12H22N2O6/c1-12(2,10(16)17)13-11(18)14(7-8-19-3)6-5-9(15)20-4/h5-8H2,1-4H3,(H,13,18)(H,16,17). The SMILES string of the molecule is COCCN(CCC(=O)OC)C(=O)NC(C)(C)C(=O)O. The second kappa shape index (κ2) is 8.36. The van der Waals surface area contributed by atoms with Crippen molar-refractivity contribution >= 4 is 18.0 Å². The Kier molecular flexibility index (Phi) is 7.60. The fourth-order valence-corrected chi connectivity index (χ4v) is 1.24. The molecule has 0 aromatic rings. The van der Waals surface area contributed by atoms with E-state index in [1.54, 1.807) is 0 Å². The van der Waals surface area contributed by atoms with Gasteiger partial charge in [-0.25, -0.2) is 9.59 Å². The highest BCUT2D eigenvalue weighted by atomic mass is 16.5.